The van der Waals surface area contributed by atoms with Gasteiger partial charge in [-0.1, -0.05) is 23.7 Å². The molecule has 1 aromatic rings. The molecule has 4 nitrogen and oxygen atoms in total. The monoisotopic (exact) mass is 409 g/mol. The van der Waals surface area contributed by atoms with Crippen LogP contribution in [0.2, 0.25) is 5.02 Å². The van der Waals surface area contributed by atoms with Gasteiger partial charge in [-0.25, -0.2) is 0 Å². The molecule has 0 saturated carbocycles. The number of benzene rings is 1. The summed E-state index contributed by atoms with van der Waals surface area (Å²) in [4.78, 5) is 4.09. The van der Waals surface area contributed by atoms with Gasteiger partial charge in [0.25, 0.3) is 0 Å². The van der Waals surface area contributed by atoms with Crippen molar-refractivity contribution in [3.05, 3.63) is 41.9 Å². The molecule has 20 heavy (non-hydrogen) atoms. The Kier molecular flexibility index (Phi) is 10.3. The minimum atomic E-state index is 0. The van der Waals surface area contributed by atoms with Crippen molar-refractivity contribution in [3.8, 4) is 5.75 Å². The smallest absolute Gasteiger partial charge is 0.191 e. The van der Waals surface area contributed by atoms with Crippen LogP contribution in [0.25, 0.3) is 0 Å². The summed E-state index contributed by atoms with van der Waals surface area (Å²) in [5, 5.41) is 6.93. The number of halogens is 2. The normalized spacial score (nSPS) is 12.1. The number of hydrogen-bond donors (Lipinski definition) is 2. The van der Waals surface area contributed by atoms with E-state index < -0.39 is 0 Å². The van der Waals surface area contributed by atoms with E-state index in [9.17, 15) is 0 Å². The van der Waals surface area contributed by atoms with Gasteiger partial charge in [-0.05, 0) is 25.1 Å². The fraction of sp³-hybridized carbons (Fsp3) is 0.357. The van der Waals surface area contributed by atoms with Crippen molar-refractivity contribution in [2.45, 2.75) is 13.0 Å². The van der Waals surface area contributed by atoms with E-state index in [0.717, 1.165) is 11.7 Å². The van der Waals surface area contributed by atoms with E-state index in [4.69, 9.17) is 16.3 Å². The first-order valence-electron chi connectivity index (χ1n) is 6.13. The molecule has 0 aromatic heterocycles. The van der Waals surface area contributed by atoms with Gasteiger partial charge in [-0.3, -0.25) is 4.99 Å². The van der Waals surface area contributed by atoms with E-state index in [0.29, 0.717) is 18.1 Å². The van der Waals surface area contributed by atoms with Gasteiger partial charge in [-0.2, -0.15) is 0 Å². The maximum atomic E-state index is 5.90. The van der Waals surface area contributed by atoms with Crippen molar-refractivity contribution in [1.29, 1.82) is 0 Å². The lowest BCUT2D eigenvalue weighted by Crippen LogP contribution is -2.41. The lowest BCUT2D eigenvalue weighted by Gasteiger charge is -2.17. The highest BCUT2D eigenvalue weighted by atomic mass is 127. The number of hydrogen-bond acceptors (Lipinski definition) is 2. The Hall–Kier alpha value is -0.950. The van der Waals surface area contributed by atoms with Crippen LogP contribution in [-0.2, 0) is 0 Å². The van der Waals surface area contributed by atoms with Gasteiger partial charge in [-0.15, -0.1) is 30.6 Å². The Morgan fingerprint density at radius 2 is 2.25 bits per heavy atom. The van der Waals surface area contributed by atoms with Gasteiger partial charge in [0.2, 0.25) is 0 Å². The molecule has 1 aromatic carbocycles. The molecule has 0 fully saturated rings. The molecular weight excluding hydrogens is 389 g/mol. The summed E-state index contributed by atoms with van der Waals surface area (Å²) in [6.07, 6.45) is 1.78. The van der Waals surface area contributed by atoms with Crippen LogP contribution in [0, 0.1) is 0 Å². The molecule has 0 saturated heterocycles. The van der Waals surface area contributed by atoms with Crippen LogP contribution in [-0.4, -0.2) is 32.2 Å². The second-order valence-corrected chi connectivity index (χ2v) is 4.44. The summed E-state index contributed by atoms with van der Waals surface area (Å²) in [5.41, 5.74) is 0. The Bertz CT molecular complexity index is 440. The van der Waals surface area contributed by atoms with E-state index in [1.165, 1.54) is 0 Å². The van der Waals surface area contributed by atoms with Crippen LogP contribution in [0.15, 0.2) is 41.9 Å². The van der Waals surface area contributed by atoms with E-state index in [-0.39, 0.29) is 30.1 Å². The minimum Gasteiger partial charge on any atom is -0.489 e. The Morgan fingerprint density at radius 3 is 2.85 bits per heavy atom. The maximum absolute atomic E-state index is 5.90. The summed E-state index contributed by atoms with van der Waals surface area (Å²) < 4.78 is 5.74. The van der Waals surface area contributed by atoms with E-state index in [1.54, 1.807) is 19.2 Å². The van der Waals surface area contributed by atoms with Crippen LogP contribution >= 0.6 is 35.6 Å². The first-order chi connectivity index (χ1) is 9.15. The zero-order valence-electron chi connectivity index (χ0n) is 11.7. The van der Waals surface area contributed by atoms with Gasteiger partial charge in [0.1, 0.15) is 11.9 Å². The molecule has 0 amide bonds. The lowest BCUT2D eigenvalue weighted by molar-refractivity contribution is 0.224. The van der Waals surface area contributed by atoms with Crippen LogP contribution in [0.5, 0.6) is 5.75 Å². The summed E-state index contributed by atoms with van der Waals surface area (Å²) in [7, 11) is 1.72. The molecule has 0 spiro atoms. The molecule has 0 bridgehead atoms. The SMILES string of the molecule is C=CCNC(=NC)NCC(C)Oc1cccc(Cl)c1.I. The van der Waals surface area contributed by atoms with E-state index in [1.807, 2.05) is 25.1 Å². The molecule has 112 valence electrons. The highest BCUT2D eigenvalue weighted by Crippen LogP contribution is 2.18. The standard InChI is InChI=1S/C14H20ClN3O.HI/c1-4-8-17-14(16-3)18-10-11(2)19-13-7-5-6-12(15)9-13;/h4-7,9,11H,1,8,10H2,2-3H3,(H2,16,17,18);1H. The third-order valence-electron chi connectivity index (χ3n) is 2.33. The molecule has 1 unspecified atom stereocenters. The second kappa shape index (κ2) is 10.8. The lowest BCUT2D eigenvalue weighted by atomic mass is 10.3. The fourth-order valence-electron chi connectivity index (χ4n) is 1.44. The molecule has 6 heteroatoms. The van der Waals surface area contributed by atoms with Gasteiger partial charge < -0.3 is 15.4 Å². The van der Waals surface area contributed by atoms with E-state index >= 15 is 0 Å². The molecule has 0 aliphatic rings. The van der Waals surface area contributed by atoms with Crippen LogP contribution in [0.4, 0.5) is 0 Å². The predicted molar refractivity (Wildman–Crippen MR) is 96.5 cm³/mol. The van der Waals surface area contributed by atoms with Gasteiger partial charge in [0.05, 0.1) is 6.54 Å². The Labute approximate surface area is 142 Å². The number of guanidine groups is 1. The number of nitrogens with one attached hydrogen (secondary N) is 2. The summed E-state index contributed by atoms with van der Waals surface area (Å²) in [6.45, 7) is 6.94. The van der Waals surface area contributed by atoms with Crippen LogP contribution in [0.3, 0.4) is 0 Å². The molecule has 1 atom stereocenters. The molecular formula is C14H21ClIN3O. The zero-order chi connectivity index (χ0) is 14.1. The van der Waals surface area contributed by atoms with Crippen molar-refractivity contribution in [1.82, 2.24) is 10.6 Å². The van der Waals surface area contributed by atoms with Gasteiger partial charge in [0.15, 0.2) is 5.96 Å². The predicted octanol–water partition coefficient (Wildman–Crippen LogP) is 3.08. The minimum absolute atomic E-state index is 0. The molecule has 0 aliphatic heterocycles. The Morgan fingerprint density at radius 1 is 1.50 bits per heavy atom. The third-order valence-corrected chi connectivity index (χ3v) is 2.56. The van der Waals surface area contributed by atoms with Gasteiger partial charge >= 0.3 is 0 Å². The number of rotatable bonds is 6. The van der Waals surface area contributed by atoms with Crippen molar-refractivity contribution >= 4 is 41.5 Å². The topological polar surface area (TPSA) is 45.7 Å². The quantitative estimate of drug-likeness (QED) is 0.328. The van der Waals surface area contributed by atoms with Crippen molar-refractivity contribution in [2.24, 2.45) is 4.99 Å². The number of ether oxygens (including phenoxy) is 1. The summed E-state index contributed by atoms with van der Waals surface area (Å²) in [6, 6.07) is 7.36. The fourth-order valence-corrected chi connectivity index (χ4v) is 1.62. The summed E-state index contributed by atoms with van der Waals surface area (Å²) in [5.74, 6) is 1.48. The summed E-state index contributed by atoms with van der Waals surface area (Å²) >= 11 is 5.90. The van der Waals surface area contributed by atoms with Crippen LogP contribution < -0.4 is 15.4 Å². The number of nitrogens with zero attached hydrogens (tertiary/aromatic N) is 1. The van der Waals surface area contributed by atoms with Crippen LogP contribution in [0.1, 0.15) is 6.92 Å². The largest absolute Gasteiger partial charge is 0.489 e. The highest BCUT2D eigenvalue weighted by molar-refractivity contribution is 14.0. The van der Waals surface area contributed by atoms with E-state index in [2.05, 4.69) is 22.2 Å². The average molecular weight is 410 g/mol. The first kappa shape index (κ1) is 19.1. The molecule has 2 N–H and O–H groups in total. The molecule has 1 rings (SSSR count). The third kappa shape index (κ3) is 7.59. The highest BCUT2D eigenvalue weighted by Gasteiger charge is 2.05. The average Bonchev–Trinajstić information content (AvgIpc) is 2.39. The maximum Gasteiger partial charge on any atom is 0.191 e. The second-order valence-electron chi connectivity index (χ2n) is 4.01. The number of aliphatic imine (C=N–C) groups is 1. The molecule has 0 radical (unpaired) electrons. The first-order valence-corrected chi connectivity index (χ1v) is 6.51. The zero-order valence-corrected chi connectivity index (χ0v) is 14.8. The van der Waals surface area contributed by atoms with Crippen molar-refractivity contribution in [3.63, 3.8) is 0 Å². The van der Waals surface area contributed by atoms with Gasteiger partial charge in [0, 0.05) is 18.6 Å². The van der Waals surface area contributed by atoms with Crippen molar-refractivity contribution < 1.29 is 4.74 Å². The molecule has 0 aliphatic carbocycles. The molecule has 0 heterocycles. The Balaban J connectivity index is 0.00000361. The van der Waals surface area contributed by atoms with Crippen molar-refractivity contribution in [2.75, 3.05) is 20.1 Å².